The molecule has 9 heteroatoms. The van der Waals surface area contributed by atoms with Crippen molar-refractivity contribution in [2.24, 2.45) is 4.99 Å². The van der Waals surface area contributed by atoms with Crippen LogP contribution in [0.2, 0.25) is 0 Å². The van der Waals surface area contributed by atoms with Crippen LogP contribution in [0.15, 0.2) is 64.9 Å². The fourth-order valence-electron chi connectivity index (χ4n) is 3.22. The highest BCUT2D eigenvalue weighted by Crippen LogP contribution is 2.31. The summed E-state index contributed by atoms with van der Waals surface area (Å²) in [5, 5.41) is 9.52. The molecule has 2 aliphatic rings. The molecule has 0 unspecified atom stereocenters. The normalized spacial score (nSPS) is 16.1. The van der Waals surface area contributed by atoms with Gasteiger partial charge in [0.1, 0.15) is 11.5 Å². The monoisotopic (exact) mass is 447 g/mol. The Kier molecular flexibility index (Phi) is 5.95. The van der Waals surface area contributed by atoms with Crippen LogP contribution in [0.25, 0.3) is 6.08 Å². The molecule has 1 N–H and O–H groups in total. The Labute approximate surface area is 190 Å². The van der Waals surface area contributed by atoms with Gasteiger partial charge in [0.15, 0.2) is 23.2 Å². The number of rotatable bonds is 6. The van der Waals surface area contributed by atoms with Gasteiger partial charge >= 0.3 is 5.97 Å². The van der Waals surface area contributed by atoms with Gasteiger partial charge in [-0.05, 0) is 61.9 Å². The molecular formula is C24H21N3O6. The Morgan fingerprint density at radius 2 is 1.94 bits per heavy atom. The number of nitrogens with zero attached hydrogens (tertiary/aromatic N) is 2. The SMILES string of the molecule is CCOc1cc(/C=C2/C(=N)N3OC(C)=CC3=NC2=O)ccc1OC(=O)c1ccc(OC)cc1. The highest BCUT2D eigenvalue weighted by molar-refractivity contribution is 6.32. The molecule has 0 bridgehead atoms. The van der Waals surface area contributed by atoms with Crippen molar-refractivity contribution in [3.63, 3.8) is 0 Å². The summed E-state index contributed by atoms with van der Waals surface area (Å²) in [7, 11) is 1.54. The molecule has 0 radical (unpaired) electrons. The van der Waals surface area contributed by atoms with Crippen LogP contribution in [-0.2, 0) is 9.63 Å². The molecular weight excluding hydrogens is 426 g/mol. The van der Waals surface area contributed by atoms with Crippen molar-refractivity contribution in [1.29, 1.82) is 5.41 Å². The van der Waals surface area contributed by atoms with E-state index in [2.05, 4.69) is 4.99 Å². The van der Waals surface area contributed by atoms with E-state index in [1.807, 2.05) is 0 Å². The lowest BCUT2D eigenvalue weighted by Crippen LogP contribution is -2.38. The molecule has 2 aromatic rings. The number of hydrogen-bond donors (Lipinski definition) is 1. The lowest BCUT2D eigenvalue weighted by molar-refractivity contribution is -0.114. The third-order valence-corrected chi connectivity index (χ3v) is 4.79. The van der Waals surface area contributed by atoms with Crippen LogP contribution in [0, 0.1) is 5.41 Å². The molecule has 168 valence electrons. The zero-order valence-corrected chi connectivity index (χ0v) is 18.2. The number of aliphatic imine (C=N–C) groups is 1. The molecule has 1 amide bonds. The number of carbonyl (C=O) groups is 2. The van der Waals surface area contributed by atoms with Crippen molar-refractivity contribution in [3.8, 4) is 17.2 Å². The third-order valence-electron chi connectivity index (χ3n) is 4.79. The largest absolute Gasteiger partial charge is 0.497 e. The third kappa shape index (κ3) is 4.47. The van der Waals surface area contributed by atoms with Gasteiger partial charge in [-0.1, -0.05) is 6.07 Å². The highest BCUT2D eigenvalue weighted by Gasteiger charge is 2.34. The van der Waals surface area contributed by atoms with Crippen molar-refractivity contribution in [2.75, 3.05) is 13.7 Å². The van der Waals surface area contributed by atoms with Crippen LogP contribution in [0.4, 0.5) is 0 Å². The Morgan fingerprint density at radius 3 is 2.64 bits per heavy atom. The van der Waals surface area contributed by atoms with Gasteiger partial charge < -0.3 is 19.0 Å². The van der Waals surface area contributed by atoms with Gasteiger partial charge in [-0.15, -0.1) is 5.06 Å². The number of carbonyl (C=O) groups excluding carboxylic acids is 2. The first-order chi connectivity index (χ1) is 15.9. The quantitative estimate of drug-likeness (QED) is 0.408. The van der Waals surface area contributed by atoms with Crippen LogP contribution in [-0.4, -0.2) is 42.3 Å². The van der Waals surface area contributed by atoms with Crippen molar-refractivity contribution in [3.05, 3.63) is 71.0 Å². The summed E-state index contributed by atoms with van der Waals surface area (Å²) in [6.07, 6.45) is 3.10. The summed E-state index contributed by atoms with van der Waals surface area (Å²) in [5.41, 5.74) is 0.986. The molecule has 0 atom stereocenters. The van der Waals surface area contributed by atoms with Gasteiger partial charge in [-0.25, -0.2) is 4.79 Å². The summed E-state index contributed by atoms with van der Waals surface area (Å²) in [4.78, 5) is 34.4. The maximum Gasteiger partial charge on any atom is 0.343 e. The van der Waals surface area contributed by atoms with E-state index in [1.165, 1.54) is 11.1 Å². The smallest absolute Gasteiger partial charge is 0.343 e. The van der Waals surface area contributed by atoms with E-state index in [0.29, 0.717) is 35.0 Å². The van der Waals surface area contributed by atoms with Gasteiger partial charge in [0, 0.05) is 6.08 Å². The summed E-state index contributed by atoms with van der Waals surface area (Å²) in [6, 6.07) is 11.4. The average Bonchev–Trinajstić information content (AvgIpc) is 3.18. The molecule has 2 aliphatic heterocycles. The standard InChI is InChI=1S/C24H21N3O6/c1-4-31-20-13-15(12-18-22(25)27-21(26-23(18)28)11-14(2)33-27)5-10-19(20)32-24(29)16-6-8-17(30-3)9-7-16/h5-13,25H,4H2,1-3H3/b18-12-,25-22?. The van der Waals surface area contributed by atoms with E-state index >= 15 is 0 Å². The predicted molar refractivity (Wildman–Crippen MR) is 120 cm³/mol. The second-order valence-electron chi connectivity index (χ2n) is 7.08. The summed E-state index contributed by atoms with van der Waals surface area (Å²) in [6.45, 7) is 3.85. The molecule has 0 aliphatic carbocycles. The zero-order chi connectivity index (χ0) is 23.5. The van der Waals surface area contributed by atoms with Crippen LogP contribution < -0.4 is 14.2 Å². The number of benzene rings is 2. The number of amidine groups is 2. The van der Waals surface area contributed by atoms with Gasteiger partial charge in [-0.2, -0.15) is 4.99 Å². The highest BCUT2D eigenvalue weighted by atomic mass is 16.7. The Bertz CT molecular complexity index is 1230. The second-order valence-corrected chi connectivity index (χ2v) is 7.08. The van der Waals surface area contributed by atoms with E-state index in [9.17, 15) is 9.59 Å². The number of methoxy groups -OCH3 is 1. The maximum absolute atomic E-state index is 12.5. The number of nitrogens with one attached hydrogen (secondary N) is 1. The number of ether oxygens (including phenoxy) is 3. The van der Waals surface area contributed by atoms with E-state index < -0.39 is 11.9 Å². The minimum Gasteiger partial charge on any atom is -0.497 e. The van der Waals surface area contributed by atoms with Gasteiger partial charge in [-0.3, -0.25) is 10.2 Å². The second kappa shape index (κ2) is 8.99. The predicted octanol–water partition coefficient (Wildman–Crippen LogP) is 3.76. The first-order valence-electron chi connectivity index (χ1n) is 10.1. The van der Waals surface area contributed by atoms with Gasteiger partial charge in [0.25, 0.3) is 5.91 Å². The van der Waals surface area contributed by atoms with Crippen molar-refractivity contribution in [2.45, 2.75) is 13.8 Å². The van der Waals surface area contributed by atoms with Gasteiger partial charge in [0.05, 0.1) is 24.9 Å². The first kappa shape index (κ1) is 21.8. The lowest BCUT2D eigenvalue weighted by Gasteiger charge is -2.23. The van der Waals surface area contributed by atoms with E-state index in [1.54, 1.807) is 69.5 Å². The minimum atomic E-state index is -0.551. The molecule has 0 saturated carbocycles. The number of allylic oxidation sites excluding steroid dienone is 1. The Hall–Kier alpha value is -4.40. The topological polar surface area (TPSA) is 111 Å². The number of hydroxylamine groups is 2. The molecule has 0 fully saturated rings. The summed E-state index contributed by atoms with van der Waals surface area (Å²) < 4.78 is 16.3. The number of esters is 1. The molecule has 2 aromatic carbocycles. The lowest BCUT2D eigenvalue weighted by atomic mass is 10.1. The number of hydrogen-bond acceptors (Lipinski definition) is 7. The van der Waals surface area contributed by atoms with Crippen molar-refractivity contribution < 1.29 is 28.6 Å². The molecule has 0 saturated heterocycles. The first-order valence-corrected chi connectivity index (χ1v) is 10.1. The fourth-order valence-corrected chi connectivity index (χ4v) is 3.22. The Morgan fingerprint density at radius 1 is 1.18 bits per heavy atom. The van der Waals surface area contributed by atoms with Crippen molar-refractivity contribution in [1.82, 2.24) is 5.06 Å². The van der Waals surface area contributed by atoms with Crippen LogP contribution >= 0.6 is 0 Å². The van der Waals surface area contributed by atoms with E-state index in [-0.39, 0.29) is 23.0 Å². The van der Waals surface area contributed by atoms with E-state index in [0.717, 1.165) is 0 Å². The number of amides is 1. The number of fused-ring (bicyclic) bond motifs is 1. The van der Waals surface area contributed by atoms with Crippen LogP contribution in [0.5, 0.6) is 17.2 Å². The molecule has 0 spiro atoms. The Balaban J connectivity index is 1.59. The molecule has 4 rings (SSSR count). The average molecular weight is 447 g/mol. The maximum atomic E-state index is 12.5. The van der Waals surface area contributed by atoms with Crippen molar-refractivity contribution >= 4 is 29.6 Å². The molecule has 2 heterocycles. The van der Waals surface area contributed by atoms with Crippen LogP contribution in [0.1, 0.15) is 29.8 Å². The van der Waals surface area contributed by atoms with Crippen LogP contribution in [0.3, 0.4) is 0 Å². The summed E-state index contributed by atoms with van der Waals surface area (Å²) >= 11 is 0. The van der Waals surface area contributed by atoms with E-state index in [4.69, 9.17) is 24.5 Å². The zero-order valence-electron chi connectivity index (χ0n) is 18.2. The molecule has 33 heavy (non-hydrogen) atoms. The minimum absolute atomic E-state index is 0.0623. The fraction of sp³-hybridized carbons (Fsp3) is 0.167. The van der Waals surface area contributed by atoms with Gasteiger partial charge in [0.2, 0.25) is 0 Å². The molecule has 9 nitrogen and oxygen atoms in total. The summed E-state index contributed by atoms with van der Waals surface area (Å²) in [5.74, 6) is 0.772. The molecule has 0 aromatic heterocycles.